The Hall–Kier alpha value is -2.66. The van der Waals surface area contributed by atoms with Gasteiger partial charge in [0.1, 0.15) is 5.54 Å². The highest BCUT2D eigenvalue weighted by Gasteiger charge is 2.51. The van der Waals surface area contributed by atoms with Crippen LogP contribution in [0.25, 0.3) is 0 Å². The minimum absolute atomic E-state index is 0.276. The molecule has 28 heavy (non-hydrogen) atoms. The van der Waals surface area contributed by atoms with Crippen molar-refractivity contribution < 1.29 is 14.4 Å². The quantitative estimate of drug-likeness (QED) is 0.575. The number of rotatable bonds is 6. The Kier molecular flexibility index (Phi) is 5.57. The average molecular weight is 399 g/mol. The predicted octanol–water partition coefficient (Wildman–Crippen LogP) is 4.50. The van der Waals surface area contributed by atoms with E-state index in [4.69, 9.17) is 11.6 Å². The van der Waals surface area contributed by atoms with Gasteiger partial charge in [-0.05, 0) is 35.6 Å². The third-order valence-electron chi connectivity index (χ3n) is 5.24. The third kappa shape index (κ3) is 3.54. The summed E-state index contributed by atoms with van der Waals surface area (Å²) < 4.78 is 0. The Morgan fingerprint density at radius 3 is 2.21 bits per heavy atom. The van der Waals surface area contributed by atoms with Gasteiger partial charge in [-0.3, -0.25) is 14.5 Å². The molecule has 1 atom stereocenters. The molecule has 0 radical (unpaired) electrons. The molecule has 1 fully saturated rings. The normalized spacial score (nSPS) is 19.2. The highest BCUT2D eigenvalue weighted by molar-refractivity contribution is 6.30. The van der Waals surface area contributed by atoms with Gasteiger partial charge in [-0.25, -0.2) is 4.79 Å². The van der Waals surface area contributed by atoms with Crippen molar-refractivity contribution in [2.45, 2.75) is 38.6 Å². The first-order valence-corrected chi connectivity index (χ1v) is 9.69. The standard InChI is InChI=1S/C22H23ClN2O3/c1-4-22(17-9-11-18(23)12-10-17)20(27)25(21(28)24-22)13-19(26)16-7-5-15(6-8-16)14(2)3/h5-12,14H,4,13H2,1-3H3,(H,24,28). The number of urea groups is 1. The molecule has 2 aromatic carbocycles. The van der Waals surface area contributed by atoms with E-state index in [1.54, 1.807) is 36.4 Å². The molecule has 146 valence electrons. The molecule has 0 saturated carbocycles. The lowest BCUT2D eigenvalue weighted by atomic mass is 9.87. The fourth-order valence-electron chi connectivity index (χ4n) is 3.43. The number of nitrogens with one attached hydrogen (secondary N) is 1. The van der Waals surface area contributed by atoms with Gasteiger partial charge < -0.3 is 5.32 Å². The fraction of sp³-hybridized carbons (Fsp3) is 0.318. The number of amides is 3. The van der Waals surface area contributed by atoms with Gasteiger partial charge in [0.2, 0.25) is 0 Å². The smallest absolute Gasteiger partial charge is 0.319 e. The molecule has 1 N–H and O–H groups in total. The third-order valence-corrected chi connectivity index (χ3v) is 5.50. The lowest BCUT2D eigenvalue weighted by Gasteiger charge is -2.25. The van der Waals surface area contributed by atoms with Crippen LogP contribution in [0.5, 0.6) is 0 Å². The molecule has 5 nitrogen and oxygen atoms in total. The van der Waals surface area contributed by atoms with Crippen molar-refractivity contribution in [2.75, 3.05) is 6.54 Å². The van der Waals surface area contributed by atoms with E-state index in [9.17, 15) is 14.4 Å². The summed E-state index contributed by atoms with van der Waals surface area (Å²) in [6, 6.07) is 13.5. The predicted molar refractivity (Wildman–Crippen MR) is 109 cm³/mol. The van der Waals surface area contributed by atoms with E-state index in [2.05, 4.69) is 19.2 Å². The van der Waals surface area contributed by atoms with Crippen molar-refractivity contribution in [3.63, 3.8) is 0 Å². The van der Waals surface area contributed by atoms with Crippen LogP contribution < -0.4 is 5.32 Å². The highest BCUT2D eigenvalue weighted by Crippen LogP contribution is 2.33. The van der Waals surface area contributed by atoms with Gasteiger partial charge in [0.05, 0.1) is 6.54 Å². The molecule has 3 rings (SSSR count). The number of carbonyl (C=O) groups is 3. The largest absolute Gasteiger partial charge is 0.325 e. The minimum atomic E-state index is -1.18. The maximum atomic E-state index is 13.1. The first-order chi connectivity index (χ1) is 13.3. The zero-order valence-corrected chi connectivity index (χ0v) is 16.9. The van der Waals surface area contributed by atoms with Crippen LogP contribution in [-0.2, 0) is 10.3 Å². The zero-order chi connectivity index (χ0) is 20.5. The van der Waals surface area contributed by atoms with Crippen LogP contribution in [0.15, 0.2) is 48.5 Å². The summed E-state index contributed by atoms with van der Waals surface area (Å²) in [6.45, 7) is 5.68. The molecule has 1 unspecified atom stereocenters. The summed E-state index contributed by atoms with van der Waals surface area (Å²) in [4.78, 5) is 39.3. The molecule has 2 aromatic rings. The summed E-state index contributed by atoms with van der Waals surface area (Å²) in [6.07, 6.45) is 0.368. The van der Waals surface area contributed by atoms with Gasteiger partial charge in [0, 0.05) is 10.6 Å². The second-order valence-electron chi connectivity index (χ2n) is 7.29. The molecule has 1 aliphatic heterocycles. The minimum Gasteiger partial charge on any atom is -0.319 e. The molecule has 6 heteroatoms. The van der Waals surface area contributed by atoms with Crippen molar-refractivity contribution in [3.05, 3.63) is 70.2 Å². The highest BCUT2D eigenvalue weighted by atomic mass is 35.5. The number of halogens is 1. The average Bonchev–Trinajstić information content (AvgIpc) is 2.93. The first kappa shape index (κ1) is 20.1. The number of imide groups is 1. The van der Waals surface area contributed by atoms with Crippen LogP contribution in [-0.4, -0.2) is 29.2 Å². The summed E-state index contributed by atoms with van der Waals surface area (Å²) in [5.74, 6) is -0.337. The zero-order valence-electron chi connectivity index (χ0n) is 16.2. The van der Waals surface area contributed by atoms with Crippen LogP contribution in [0.3, 0.4) is 0 Å². The van der Waals surface area contributed by atoms with Crippen molar-refractivity contribution in [1.29, 1.82) is 0 Å². The Labute approximate surface area is 169 Å². The van der Waals surface area contributed by atoms with Crippen LogP contribution in [0, 0.1) is 0 Å². The summed E-state index contributed by atoms with van der Waals surface area (Å²) in [7, 11) is 0. The molecule has 0 bridgehead atoms. The van der Waals surface area contributed by atoms with E-state index in [1.807, 2.05) is 19.1 Å². The number of carbonyl (C=O) groups excluding carboxylic acids is 3. The Bertz CT molecular complexity index is 906. The Morgan fingerprint density at radius 2 is 1.68 bits per heavy atom. The van der Waals surface area contributed by atoms with Gasteiger partial charge in [0.15, 0.2) is 5.78 Å². The topological polar surface area (TPSA) is 66.5 Å². The van der Waals surface area contributed by atoms with E-state index in [0.717, 1.165) is 10.5 Å². The van der Waals surface area contributed by atoms with Crippen LogP contribution in [0.4, 0.5) is 4.79 Å². The molecule has 0 aliphatic carbocycles. The lowest BCUT2D eigenvalue weighted by Crippen LogP contribution is -2.43. The van der Waals surface area contributed by atoms with Gasteiger partial charge in [-0.1, -0.05) is 68.8 Å². The Balaban J connectivity index is 1.83. The fourth-order valence-corrected chi connectivity index (χ4v) is 3.56. The van der Waals surface area contributed by atoms with Gasteiger partial charge in [0.25, 0.3) is 5.91 Å². The van der Waals surface area contributed by atoms with Crippen molar-refractivity contribution >= 4 is 29.3 Å². The van der Waals surface area contributed by atoms with Gasteiger partial charge in [-0.2, -0.15) is 0 Å². The molecule has 1 aliphatic rings. The SMILES string of the molecule is CCC1(c2ccc(Cl)cc2)NC(=O)N(CC(=O)c2ccc(C(C)C)cc2)C1=O. The van der Waals surface area contributed by atoms with E-state index >= 15 is 0 Å². The number of benzene rings is 2. The number of hydrogen-bond donors (Lipinski definition) is 1. The van der Waals surface area contributed by atoms with Crippen LogP contribution in [0.1, 0.15) is 54.6 Å². The molecule has 1 heterocycles. The second kappa shape index (κ2) is 7.76. The van der Waals surface area contributed by atoms with E-state index in [-0.39, 0.29) is 12.3 Å². The van der Waals surface area contributed by atoms with Crippen LogP contribution in [0.2, 0.25) is 5.02 Å². The number of nitrogens with zero attached hydrogens (tertiary/aromatic N) is 1. The molecular weight excluding hydrogens is 376 g/mol. The Morgan fingerprint density at radius 1 is 1.07 bits per heavy atom. The van der Waals surface area contributed by atoms with Crippen molar-refractivity contribution in [1.82, 2.24) is 10.2 Å². The van der Waals surface area contributed by atoms with E-state index in [0.29, 0.717) is 28.5 Å². The summed E-state index contributed by atoms with van der Waals surface area (Å²) in [5, 5.41) is 3.32. The van der Waals surface area contributed by atoms with E-state index < -0.39 is 17.5 Å². The summed E-state index contributed by atoms with van der Waals surface area (Å²) in [5.41, 5.74) is 1.07. The van der Waals surface area contributed by atoms with Crippen molar-refractivity contribution in [3.8, 4) is 0 Å². The molecule has 1 saturated heterocycles. The molecule has 0 spiro atoms. The molecule has 3 amide bonds. The first-order valence-electron chi connectivity index (χ1n) is 9.32. The number of hydrogen-bond acceptors (Lipinski definition) is 3. The van der Waals surface area contributed by atoms with Crippen molar-refractivity contribution in [2.24, 2.45) is 0 Å². The monoisotopic (exact) mass is 398 g/mol. The number of ketones is 1. The maximum absolute atomic E-state index is 13.1. The second-order valence-corrected chi connectivity index (χ2v) is 7.72. The van der Waals surface area contributed by atoms with E-state index in [1.165, 1.54) is 0 Å². The molecular formula is C22H23ClN2O3. The summed E-state index contributed by atoms with van der Waals surface area (Å²) >= 11 is 5.94. The van der Waals surface area contributed by atoms with Gasteiger partial charge >= 0.3 is 6.03 Å². The molecule has 0 aromatic heterocycles. The van der Waals surface area contributed by atoms with Crippen LogP contribution >= 0.6 is 11.6 Å². The maximum Gasteiger partial charge on any atom is 0.325 e. The number of Topliss-reactive ketones (excluding diaryl/α,β-unsaturated/α-hetero) is 1. The van der Waals surface area contributed by atoms with Gasteiger partial charge in [-0.15, -0.1) is 0 Å². The lowest BCUT2D eigenvalue weighted by molar-refractivity contribution is -0.131.